The van der Waals surface area contributed by atoms with Gasteiger partial charge in [-0.2, -0.15) is 0 Å². The van der Waals surface area contributed by atoms with Crippen molar-refractivity contribution in [1.82, 2.24) is 0 Å². The van der Waals surface area contributed by atoms with Gasteiger partial charge in [0, 0.05) is 5.92 Å². The first-order valence-corrected chi connectivity index (χ1v) is 8.10. The molecule has 2 saturated carbocycles. The second-order valence-corrected chi connectivity index (χ2v) is 7.16. The summed E-state index contributed by atoms with van der Waals surface area (Å²) in [7, 11) is 0. The van der Waals surface area contributed by atoms with E-state index in [9.17, 15) is 30.6 Å². The van der Waals surface area contributed by atoms with E-state index >= 15 is 0 Å². The molecule has 8 atom stereocenters. The third kappa shape index (κ3) is 3.03. The largest absolute Gasteiger partial charge is 0.393 e. The van der Waals surface area contributed by atoms with Crippen LogP contribution in [0.1, 0.15) is 32.1 Å². The molecular formula is C15H26O7. The predicted octanol–water partition coefficient (Wildman–Crippen LogP) is -1.87. The van der Waals surface area contributed by atoms with Gasteiger partial charge in [0.1, 0.15) is 6.10 Å². The molecule has 0 bridgehead atoms. The van der Waals surface area contributed by atoms with E-state index in [1.807, 2.05) is 0 Å². The van der Waals surface area contributed by atoms with E-state index in [-0.39, 0.29) is 30.8 Å². The summed E-state index contributed by atoms with van der Waals surface area (Å²) in [6.45, 7) is 0. The van der Waals surface area contributed by atoms with Gasteiger partial charge in [-0.1, -0.05) is 0 Å². The molecule has 7 nitrogen and oxygen atoms in total. The molecule has 0 amide bonds. The van der Waals surface area contributed by atoms with Gasteiger partial charge < -0.3 is 35.4 Å². The van der Waals surface area contributed by atoms with Crippen molar-refractivity contribution in [2.24, 2.45) is 11.8 Å². The van der Waals surface area contributed by atoms with Gasteiger partial charge in [-0.05, 0) is 38.0 Å². The van der Waals surface area contributed by atoms with Crippen LogP contribution in [0.15, 0.2) is 0 Å². The minimum Gasteiger partial charge on any atom is -0.393 e. The Labute approximate surface area is 129 Å². The summed E-state index contributed by atoms with van der Waals surface area (Å²) in [5.74, 6) is -0.459. The molecule has 0 aromatic carbocycles. The smallest absolute Gasteiger partial charge is 0.106 e. The van der Waals surface area contributed by atoms with Gasteiger partial charge in [-0.3, -0.25) is 0 Å². The lowest BCUT2D eigenvalue weighted by Gasteiger charge is -2.49. The van der Waals surface area contributed by atoms with Crippen molar-refractivity contribution in [3.63, 3.8) is 0 Å². The van der Waals surface area contributed by atoms with Crippen LogP contribution in [-0.4, -0.2) is 79.5 Å². The van der Waals surface area contributed by atoms with Gasteiger partial charge in [0.2, 0.25) is 0 Å². The number of fused-ring (bicyclic) bond motifs is 1. The summed E-state index contributed by atoms with van der Waals surface area (Å²) in [6, 6.07) is 0. The Balaban J connectivity index is 1.70. The van der Waals surface area contributed by atoms with Gasteiger partial charge in [0.15, 0.2) is 0 Å². The predicted molar refractivity (Wildman–Crippen MR) is 74.8 cm³/mol. The Hall–Kier alpha value is -0.280. The average molecular weight is 318 g/mol. The molecule has 3 rings (SSSR count). The molecule has 6 unspecified atom stereocenters. The molecule has 1 heterocycles. The van der Waals surface area contributed by atoms with Crippen LogP contribution < -0.4 is 0 Å². The quantitative estimate of drug-likeness (QED) is 0.334. The van der Waals surface area contributed by atoms with Crippen LogP contribution in [0.2, 0.25) is 0 Å². The lowest BCUT2D eigenvalue weighted by molar-refractivity contribution is -0.221. The van der Waals surface area contributed by atoms with E-state index in [0.717, 1.165) is 0 Å². The Kier molecular flexibility index (Phi) is 4.76. The third-order valence-corrected chi connectivity index (χ3v) is 5.56. The highest BCUT2D eigenvalue weighted by Gasteiger charge is 2.48. The SMILES string of the molecule is OC1CC(O)C2C[C@H](O)[C@@H](C3CC(O)C(O)C(O)C3)OC2C1. The van der Waals surface area contributed by atoms with E-state index in [2.05, 4.69) is 0 Å². The maximum Gasteiger partial charge on any atom is 0.106 e. The number of aliphatic hydroxyl groups excluding tert-OH is 6. The van der Waals surface area contributed by atoms with Crippen LogP contribution in [0.5, 0.6) is 0 Å². The summed E-state index contributed by atoms with van der Waals surface area (Å²) in [5.41, 5.74) is 0. The standard InChI is InChI=1S/C15H26O7/c16-7-3-9(17)8-5-12(20)15(22-13(8)4-7)6-1-10(18)14(21)11(19)2-6/h6-21H,1-5H2/t6?,7?,8?,9?,10?,11?,12-,13?,14?,15+/m0/s1. The topological polar surface area (TPSA) is 131 Å². The summed E-state index contributed by atoms with van der Waals surface area (Å²) in [4.78, 5) is 0. The number of hydrogen-bond donors (Lipinski definition) is 6. The highest BCUT2D eigenvalue weighted by atomic mass is 16.5. The van der Waals surface area contributed by atoms with Crippen LogP contribution >= 0.6 is 0 Å². The molecule has 0 radical (unpaired) electrons. The van der Waals surface area contributed by atoms with Crippen molar-refractivity contribution in [3.8, 4) is 0 Å². The van der Waals surface area contributed by atoms with Gasteiger partial charge in [0.25, 0.3) is 0 Å². The molecule has 2 aliphatic carbocycles. The van der Waals surface area contributed by atoms with Crippen LogP contribution in [0, 0.1) is 11.8 Å². The molecule has 7 heteroatoms. The molecule has 1 saturated heterocycles. The summed E-state index contributed by atoms with van der Waals surface area (Å²) in [6.07, 6.45) is -4.60. The minimum atomic E-state index is -1.16. The fourth-order valence-corrected chi connectivity index (χ4v) is 4.36. The first-order chi connectivity index (χ1) is 10.4. The van der Waals surface area contributed by atoms with Crippen LogP contribution in [0.25, 0.3) is 0 Å². The van der Waals surface area contributed by atoms with Crippen LogP contribution in [0.4, 0.5) is 0 Å². The molecule has 1 aliphatic heterocycles. The first-order valence-electron chi connectivity index (χ1n) is 8.10. The first kappa shape index (κ1) is 16.6. The molecule has 22 heavy (non-hydrogen) atoms. The lowest BCUT2D eigenvalue weighted by atomic mass is 9.72. The maximum absolute atomic E-state index is 10.4. The molecule has 0 aromatic heterocycles. The molecule has 0 spiro atoms. The zero-order valence-electron chi connectivity index (χ0n) is 12.4. The Morgan fingerprint density at radius 1 is 0.636 bits per heavy atom. The summed E-state index contributed by atoms with van der Waals surface area (Å²) >= 11 is 0. The van der Waals surface area contributed by atoms with Crippen molar-refractivity contribution < 1.29 is 35.4 Å². The maximum atomic E-state index is 10.4. The molecule has 3 fully saturated rings. The number of aliphatic hydroxyl groups is 6. The molecule has 6 N–H and O–H groups in total. The van der Waals surface area contributed by atoms with Crippen molar-refractivity contribution >= 4 is 0 Å². The fourth-order valence-electron chi connectivity index (χ4n) is 4.36. The van der Waals surface area contributed by atoms with E-state index in [1.54, 1.807) is 0 Å². The molecular weight excluding hydrogens is 292 g/mol. The van der Waals surface area contributed by atoms with E-state index < -0.39 is 42.7 Å². The van der Waals surface area contributed by atoms with E-state index in [0.29, 0.717) is 19.3 Å². The highest BCUT2D eigenvalue weighted by Crippen LogP contribution is 2.41. The van der Waals surface area contributed by atoms with Crippen LogP contribution in [0.3, 0.4) is 0 Å². The zero-order chi connectivity index (χ0) is 16.0. The van der Waals surface area contributed by atoms with Crippen LogP contribution in [-0.2, 0) is 4.74 Å². The fraction of sp³-hybridized carbons (Fsp3) is 1.00. The lowest BCUT2D eigenvalue weighted by Crippen LogP contribution is -2.57. The monoisotopic (exact) mass is 318 g/mol. The zero-order valence-corrected chi connectivity index (χ0v) is 12.4. The van der Waals surface area contributed by atoms with Gasteiger partial charge in [-0.15, -0.1) is 0 Å². The number of rotatable bonds is 1. The van der Waals surface area contributed by atoms with Crippen molar-refractivity contribution in [2.45, 2.75) is 80.9 Å². The van der Waals surface area contributed by atoms with E-state index in [4.69, 9.17) is 4.74 Å². The van der Waals surface area contributed by atoms with Crippen molar-refractivity contribution in [3.05, 3.63) is 0 Å². The van der Waals surface area contributed by atoms with Gasteiger partial charge in [0.05, 0.1) is 42.7 Å². The summed E-state index contributed by atoms with van der Waals surface area (Å²) < 4.78 is 5.94. The molecule has 3 aliphatic rings. The van der Waals surface area contributed by atoms with Crippen molar-refractivity contribution in [1.29, 1.82) is 0 Å². The number of ether oxygens (including phenoxy) is 1. The highest BCUT2D eigenvalue weighted by molar-refractivity contribution is 4.98. The molecule has 128 valence electrons. The van der Waals surface area contributed by atoms with Crippen molar-refractivity contribution in [2.75, 3.05) is 0 Å². The average Bonchev–Trinajstić information content (AvgIpc) is 2.44. The Morgan fingerprint density at radius 3 is 1.91 bits per heavy atom. The summed E-state index contributed by atoms with van der Waals surface area (Å²) in [5, 5.41) is 59.5. The van der Waals surface area contributed by atoms with Gasteiger partial charge in [-0.25, -0.2) is 0 Å². The van der Waals surface area contributed by atoms with Gasteiger partial charge >= 0.3 is 0 Å². The number of hydrogen-bond acceptors (Lipinski definition) is 7. The Bertz CT molecular complexity index is 380. The minimum absolute atomic E-state index is 0.196. The second-order valence-electron chi connectivity index (χ2n) is 7.16. The second kappa shape index (κ2) is 6.32. The molecule has 0 aromatic rings. The van der Waals surface area contributed by atoms with E-state index in [1.165, 1.54) is 0 Å². The normalized spacial score (nSPS) is 56.5. The Morgan fingerprint density at radius 2 is 1.27 bits per heavy atom. The third-order valence-electron chi connectivity index (χ3n) is 5.56.